The van der Waals surface area contributed by atoms with Gasteiger partial charge in [0.25, 0.3) is 0 Å². The van der Waals surface area contributed by atoms with Crippen molar-refractivity contribution in [2.24, 2.45) is 11.8 Å². The summed E-state index contributed by atoms with van der Waals surface area (Å²) in [7, 11) is 0. The monoisotopic (exact) mass is 217 g/mol. The highest BCUT2D eigenvalue weighted by molar-refractivity contribution is 5.39. The summed E-state index contributed by atoms with van der Waals surface area (Å²) in [6.07, 6.45) is 5.58. The largest absolute Gasteiger partial charge is 0.365 e. The van der Waals surface area contributed by atoms with E-state index < -0.39 is 0 Å². The topological polar surface area (TPSA) is 37.8 Å². The fraction of sp³-hybridized carbons (Fsp3) is 0.692. The Kier molecular flexibility index (Phi) is 2.34. The molecule has 0 atom stereocenters. The van der Waals surface area contributed by atoms with Crippen molar-refractivity contribution in [1.29, 1.82) is 0 Å². The molecule has 2 aliphatic rings. The smallest absolute Gasteiger partial charge is 0.149 e. The second kappa shape index (κ2) is 3.72. The predicted molar refractivity (Wildman–Crippen MR) is 64.4 cm³/mol. The molecule has 0 amide bonds. The number of rotatable bonds is 4. The normalized spacial score (nSPS) is 20.2. The van der Waals surface area contributed by atoms with Gasteiger partial charge in [-0.3, -0.25) is 0 Å². The summed E-state index contributed by atoms with van der Waals surface area (Å²) in [6, 6.07) is 2.79. The van der Waals surface area contributed by atoms with Crippen LogP contribution in [0.15, 0.2) is 6.07 Å². The van der Waals surface area contributed by atoms with E-state index in [0.717, 1.165) is 23.3 Å². The number of anilines is 1. The molecule has 2 fully saturated rings. The third-order valence-corrected chi connectivity index (χ3v) is 3.81. The minimum Gasteiger partial charge on any atom is -0.365 e. The second-order valence-corrected chi connectivity index (χ2v) is 5.34. The highest BCUT2D eigenvalue weighted by atomic mass is 15.2. The Morgan fingerprint density at radius 1 is 1.12 bits per heavy atom. The summed E-state index contributed by atoms with van der Waals surface area (Å²) in [5.41, 5.74) is 2.25. The Balaban J connectivity index is 1.73. The van der Waals surface area contributed by atoms with E-state index in [2.05, 4.69) is 28.5 Å². The standard InChI is InChI=1S/C13H19N3/c1-8-7-12(16-15-9(8)2)14-13(10-3-4-10)11-5-6-11/h7,10-11,13H,3-6H2,1-2H3,(H,14,16). The van der Waals surface area contributed by atoms with Crippen molar-refractivity contribution in [2.45, 2.75) is 45.6 Å². The van der Waals surface area contributed by atoms with Gasteiger partial charge in [-0.15, -0.1) is 5.10 Å². The van der Waals surface area contributed by atoms with E-state index in [4.69, 9.17) is 0 Å². The zero-order chi connectivity index (χ0) is 11.1. The van der Waals surface area contributed by atoms with Gasteiger partial charge < -0.3 is 5.32 Å². The van der Waals surface area contributed by atoms with Gasteiger partial charge in [0.15, 0.2) is 0 Å². The fourth-order valence-electron chi connectivity index (χ4n) is 2.32. The molecular weight excluding hydrogens is 198 g/mol. The molecule has 3 heteroatoms. The predicted octanol–water partition coefficient (Wildman–Crippen LogP) is 2.69. The minimum absolute atomic E-state index is 0.663. The van der Waals surface area contributed by atoms with Gasteiger partial charge in [-0.1, -0.05) is 0 Å². The van der Waals surface area contributed by atoms with Crippen molar-refractivity contribution < 1.29 is 0 Å². The van der Waals surface area contributed by atoms with Crippen LogP contribution in [0.25, 0.3) is 0 Å². The number of nitrogens with one attached hydrogen (secondary N) is 1. The minimum atomic E-state index is 0.663. The highest BCUT2D eigenvalue weighted by Crippen LogP contribution is 2.45. The van der Waals surface area contributed by atoms with Gasteiger partial charge in [-0.2, -0.15) is 5.10 Å². The number of hydrogen-bond donors (Lipinski definition) is 1. The summed E-state index contributed by atoms with van der Waals surface area (Å²) < 4.78 is 0. The van der Waals surface area contributed by atoms with Crippen LogP contribution in [-0.2, 0) is 0 Å². The van der Waals surface area contributed by atoms with Gasteiger partial charge in [0.05, 0.1) is 5.69 Å². The zero-order valence-corrected chi connectivity index (χ0v) is 10.0. The summed E-state index contributed by atoms with van der Waals surface area (Å²) in [6.45, 7) is 4.10. The molecule has 2 aliphatic carbocycles. The maximum atomic E-state index is 4.24. The van der Waals surface area contributed by atoms with Gasteiger partial charge in [0.1, 0.15) is 5.82 Å². The van der Waals surface area contributed by atoms with E-state index in [-0.39, 0.29) is 0 Å². The molecule has 3 rings (SSSR count). The van der Waals surface area contributed by atoms with Gasteiger partial charge in [0, 0.05) is 6.04 Å². The molecule has 0 aromatic carbocycles. The van der Waals surface area contributed by atoms with Crippen LogP contribution in [0.1, 0.15) is 36.9 Å². The lowest BCUT2D eigenvalue weighted by Gasteiger charge is -2.18. The molecule has 1 heterocycles. The average Bonchev–Trinajstić information content (AvgIpc) is 3.14. The van der Waals surface area contributed by atoms with Crippen LogP contribution in [0.5, 0.6) is 0 Å². The Morgan fingerprint density at radius 3 is 2.25 bits per heavy atom. The first-order valence-corrected chi connectivity index (χ1v) is 6.31. The molecule has 86 valence electrons. The van der Waals surface area contributed by atoms with Crippen molar-refractivity contribution in [3.05, 3.63) is 17.3 Å². The van der Waals surface area contributed by atoms with Crippen molar-refractivity contribution >= 4 is 5.82 Å². The molecule has 1 aromatic rings. The number of nitrogens with zero attached hydrogens (tertiary/aromatic N) is 2. The quantitative estimate of drug-likeness (QED) is 0.842. The highest BCUT2D eigenvalue weighted by Gasteiger charge is 2.41. The SMILES string of the molecule is Cc1cc(NC(C2CC2)C2CC2)nnc1C. The first-order valence-electron chi connectivity index (χ1n) is 6.31. The van der Waals surface area contributed by atoms with Crippen LogP contribution < -0.4 is 5.32 Å². The molecule has 0 spiro atoms. The number of aromatic nitrogens is 2. The fourth-order valence-corrected chi connectivity index (χ4v) is 2.32. The van der Waals surface area contributed by atoms with Gasteiger partial charge >= 0.3 is 0 Å². The second-order valence-electron chi connectivity index (χ2n) is 5.34. The maximum absolute atomic E-state index is 4.24. The van der Waals surface area contributed by atoms with Crippen LogP contribution in [0, 0.1) is 25.7 Å². The van der Waals surface area contributed by atoms with Gasteiger partial charge in [0.2, 0.25) is 0 Å². The van der Waals surface area contributed by atoms with E-state index >= 15 is 0 Å². The van der Waals surface area contributed by atoms with Gasteiger partial charge in [-0.25, -0.2) is 0 Å². The maximum Gasteiger partial charge on any atom is 0.149 e. The molecule has 2 saturated carbocycles. The molecule has 1 N–H and O–H groups in total. The van der Waals surface area contributed by atoms with Crippen molar-refractivity contribution in [3.8, 4) is 0 Å². The summed E-state index contributed by atoms with van der Waals surface area (Å²) >= 11 is 0. The lowest BCUT2D eigenvalue weighted by atomic mass is 10.1. The first-order chi connectivity index (χ1) is 7.74. The Labute approximate surface area is 96.7 Å². The Hall–Kier alpha value is -1.12. The van der Waals surface area contributed by atoms with E-state index in [1.807, 2.05) is 6.92 Å². The van der Waals surface area contributed by atoms with E-state index in [0.29, 0.717) is 6.04 Å². The molecule has 0 saturated heterocycles. The molecule has 3 nitrogen and oxygen atoms in total. The molecule has 0 unspecified atom stereocenters. The molecule has 0 bridgehead atoms. The zero-order valence-electron chi connectivity index (χ0n) is 10.0. The molecular formula is C13H19N3. The lowest BCUT2D eigenvalue weighted by Crippen LogP contribution is -2.25. The average molecular weight is 217 g/mol. The number of hydrogen-bond acceptors (Lipinski definition) is 3. The van der Waals surface area contributed by atoms with Crippen LogP contribution in [-0.4, -0.2) is 16.2 Å². The van der Waals surface area contributed by atoms with Crippen LogP contribution in [0.4, 0.5) is 5.82 Å². The third-order valence-electron chi connectivity index (χ3n) is 3.81. The van der Waals surface area contributed by atoms with Crippen LogP contribution >= 0.6 is 0 Å². The molecule has 1 aromatic heterocycles. The lowest BCUT2D eigenvalue weighted by molar-refractivity contribution is 0.564. The van der Waals surface area contributed by atoms with Gasteiger partial charge in [-0.05, 0) is 63.0 Å². The van der Waals surface area contributed by atoms with E-state index in [9.17, 15) is 0 Å². The van der Waals surface area contributed by atoms with Crippen molar-refractivity contribution in [3.63, 3.8) is 0 Å². The van der Waals surface area contributed by atoms with E-state index in [1.165, 1.54) is 31.2 Å². The Bertz CT molecular complexity index is 382. The van der Waals surface area contributed by atoms with Crippen LogP contribution in [0.2, 0.25) is 0 Å². The Morgan fingerprint density at radius 2 is 1.75 bits per heavy atom. The first kappa shape index (κ1) is 10.1. The van der Waals surface area contributed by atoms with Crippen molar-refractivity contribution in [2.75, 3.05) is 5.32 Å². The van der Waals surface area contributed by atoms with Crippen LogP contribution in [0.3, 0.4) is 0 Å². The summed E-state index contributed by atoms with van der Waals surface area (Å²) in [5.74, 6) is 2.76. The molecule has 0 radical (unpaired) electrons. The third kappa shape index (κ3) is 2.04. The summed E-state index contributed by atoms with van der Waals surface area (Å²) in [4.78, 5) is 0. The number of aryl methyl sites for hydroxylation is 2. The summed E-state index contributed by atoms with van der Waals surface area (Å²) in [5, 5.41) is 12.0. The van der Waals surface area contributed by atoms with Crippen molar-refractivity contribution in [1.82, 2.24) is 10.2 Å². The van der Waals surface area contributed by atoms with E-state index in [1.54, 1.807) is 0 Å². The molecule has 0 aliphatic heterocycles. The molecule has 16 heavy (non-hydrogen) atoms.